The van der Waals surface area contributed by atoms with Crippen LogP contribution >= 0.6 is 11.6 Å². The molecule has 1 aliphatic heterocycles. The van der Waals surface area contributed by atoms with Gasteiger partial charge in [0, 0.05) is 34.5 Å². The number of aliphatic carboxylic acids is 1. The van der Waals surface area contributed by atoms with E-state index in [-0.39, 0.29) is 35.0 Å². The SMILES string of the molecule is CC1=C(C(=O)O)C(c2cccc(Cl)c2)C(C(=O)NCCC(c2ccccc2)c2ccccc2)=C(C)N1C(=O)O. The van der Waals surface area contributed by atoms with E-state index in [4.69, 9.17) is 11.6 Å². The van der Waals surface area contributed by atoms with Crippen molar-refractivity contribution in [1.82, 2.24) is 10.2 Å². The third-order valence-corrected chi connectivity index (χ3v) is 7.23. The van der Waals surface area contributed by atoms with Crippen LogP contribution in [0.2, 0.25) is 5.02 Å². The summed E-state index contributed by atoms with van der Waals surface area (Å²) < 4.78 is 0. The molecule has 200 valence electrons. The van der Waals surface area contributed by atoms with Gasteiger partial charge in [-0.1, -0.05) is 84.4 Å². The number of carboxylic acid groups (broad SMARTS) is 2. The Labute approximate surface area is 232 Å². The maximum atomic E-state index is 13.7. The van der Waals surface area contributed by atoms with Crippen molar-refractivity contribution in [3.05, 3.63) is 129 Å². The van der Waals surface area contributed by atoms with Crippen molar-refractivity contribution >= 4 is 29.6 Å². The van der Waals surface area contributed by atoms with Gasteiger partial charge in [0.2, 0.25) is 5.91 Å². The van der Waals surface area contributed by atoms with Crippen LogP contribution in [-0.4, -0.2) is 39.6 Å². The summed E-state index contributed by atoms with van der Waals surface area (Å²) in [6, 6.07) is 26.6. The molecule has 0 spiro atoms. The molecule has 3 N–H and O–H groups in total. The van der Waals surface area contributed by atoms with Gasteiger partial charge in [0.25, 0.3) is 0 Å². The fraction of sp³-hybridized carbons (Fsp3) is 0.194. The molecule has 2 amide bonds. The molecule has 1 aliphatic rings. The molecule has 7 nitrogen and oxygen atoms in total. The molecule has 8 heteroatoms. The van der Waals surface area contributed by atoms with Crippen molar-refractivity contribution in [2.75, 3.05) is 6.54 Å². The lowest BCUT2D eigenvalue weighted by atomic mass is 9.79. The zero-order valence-electron chi connectivity index (χ0n) is 21.6. The van der Waals surface area contributed by atoms with Gasteiger partial charge in [-0.2, -0.15) is 0 Å². The Morgan fingerprint density at radius 2 is 1.41 bits per heavy atom. The first-order chi connectivity index (χ1) is 18.7. The van der Waals surface area contributed by atoms with E-state index in [1.165, 1.54) is 13.8 Å². The highest BCUT2D eigenvalue weighted by Crippen LogP contribution is 2.42. The monoisotopic (exact) mass is 544 g/mol. The summed E-state index contributed by atoms with van der Waals surface area (Å²) in [7, 11) is 0. The summed E-state index contributed by atoms with van der Waals surface area (Å²) in [6.45, 7) is 3.22. The summed E-state index contributed by atoms with van der Waals surface area (Å²) >= 11 is 6.22. The van der Waals surface area contributed by atoms with E-state index in [2.05, 4.69) is 5.32 Å². The Hall–Kier alpha value is -4.36. The van der Waals surface area contributed by atoms with Crippen molar-refractivity contribution in [2.45, 2.75) is 32.1 Å². The van der Waals surface area contributed by atoms with Crippen LogP contribution in [0.25, 0.3) is 0 Å². The number of carboxylic acids is 1. The van der Waals surface area contributed by atoms with Gasteiger partial charge in [0.15, 0.2) is 0 Å². The van der Waals surface area contributed by atoms with Crippen LogP contribution in [0.1, 0.15) is 48.8 Å². The Kier molecular flexibility index (Phi) is 8.52. The van der Waals surface area contributed by atoms with Crippen molar-refractivity contribution in [3.8, 4) is 0 Å². The summed E-state index contributed by atoms with van der Waals surface area (Å²) in [6.07, 6.45) is -0.788. The van der Waals surface area contributed by atoms with E-state index >= 15 is 0 Å². The van der Waals surface area contributed by atoms with Crippen molar-refractivity contribution in [2.24, 2.45) is 0 Å². The second-order valence-corrected chi connectivity index (χ2v) is 9.76. The third-order valence-electron chi connectivity index (χ3n) is 7.00. The van der Waals surface area contributed by atoms with Crippen LogP contribution in [0.4, 0.5) is 4.79 Å². The Balaban J connectivity index is 1.68. The van der Waals surface area contributed by atoms with Crippen LogP contribution < -0.4 is 5.32 Å². The number of carbonyl (C=O) groups excluding carboxylic acids is 1. The summed E-state index contributed by atoms with van der Waals surface area (Å²) in [5, 5.41) is 23.3. The number of halogens is 1. The molecular formula is C31H29ClN2O5. The quantitative estimate of drug-likeness (QED) is 0.305. The second kappa shape index (κ2) is 12.0. The Morgan fingerprint density at radius 3 is 1.92 bits per heavy atom. The highest BCUT2D eigenvalue weighted by molar-refractivity contribution is 6.30. The maximum absolute atomic E-state index is 13.7. The molecule has 4 rings (SSSR count). The lowest BCUT2D eigenvalue weighted by molar-refractivity contribution is -0.133. The molecule has 0 fully saturated rings. The smallest absolute Gasteiger partial charge is 0.415 e. The lowest BCUT2D eigenvalue weighted by Gasteiger charge is -2.35. The van der Waals surface area contributed by atoms with Crippen LogP contribution in [0, 0.1) is 0 Å². The molecule has 1 unspecified atom stereocenters. The molecule has 0 radical (unpaired) electrons. The molecular weight excluding hydrogens is 516 g/mol. The van der Waals surface area contributed by atoms with Gasteiger partial charge in [-0.05, 0) is 49.1 Å². The molecule has 0 aromatic heterocycles. The number of hydrogen-bond acceptors (Lipinski definition) is 3. The van der Waals surface area contributed by atoms with Crippen LogP contribution in [0.5, 0.6) is 0 Å². The molecule has 39 heavy (non-hydrogen) atoms. The highest BCUT2D eigenvalue weighted by atomic mass is 35.5. The van der Waals surface area contributed by atoms with E-state index in [0.717, 1.165) is 16.0 Å². The topological polar surface area (TPSA) is 107 Å². The minimum Gasteiger partial charge on any atom is -0.478 e. The average molecular weight is 545 g/mol. The molecule has 1 atom stereocenters. The summed E-state index contributed by atoms with van der Waals surface area (Å²) in [4.78, 5) is 39.2. The number of amides is 2. The molecule has 0 saturated heterocycles. The predicted octanol–water partition coefficient (Wildman–Crippen LogP) is 6.39. The maximum Gasteiger partial charge on any atom is 0.415 e. The molecule has 0 bridgehead atoms. The van der Waals surface area contributed by atoms with E-state index in [1.807, 2.05) is 60.7 Å². The number of allylic oxidation sites excluding steroid dienone is 2. The number of carbonyl (C=O) groups is 3. The first kappa shape index (κ1) is 27.7. The van der Waals surface area contributed by atoms with E-state index < -0.39 is 23.9 Å². The minimum atomic E-state index is -1.37. The number of nitrogens with zero attached hydrogens (tertiary/aromatic N) is 1. The molecule has 1 heterocycles. The van der Waals surface area contributed by atoms with E-state index in [0.29, 0.717) is 17.0 Å². The first-order valence-electron chi connectivity index (χ1n) is 12.5. The van der Waals surface area contributed by atoms with Crippen molar-refractivity contribution < 1.29 is 24.6 Å². The standard InChI is InChI=1S/C31H29ClN2O5/c1-19-26(28(23-14-9-15-24(32)18-23)27(30(36)37)20(2)34(19)31(38)39)29(35)33-17-16-25(21-10-5-3-6-11-21)22-12-7-4-8-13-22/h3-15,18,25,28H,16-17H2,1-2H3,(H,33,35)(H,36,37)(H,38,39). The summed E-state index contributed by atoms with van der Waals surface area (Å²) in [5.74, 6) is -2.83. The summed E-state index contributed by atoms with van der Waals surface area (Å²) in [5.41, 5.74) is 2.73. The fourth-order valence-corrected chi connectivity index (χ4v) is 5.46. The van der Waals surface area contributed by atoms with Gasteiger partial charge >= 0.3 is 12.1 Å². The molecule has 3 aromatic carbocycles. The molecule has 0 saturated carbocycles. The van der Waals surface area contributed by atoms with Gasteiger partial charge in [-0.3, -0.25) is 9.69 Å². The third kappa shape index (κ3) is 5.89. The van der Waals surface area contributed by atoms with Crippen molar-refractivity contribution in [3.63, 3.8) is 0 Å². The molecule has 0 aliphatic carbocycles. The first-order valence-corrected chi connectivity index (χ1v) is 12.9. The van der Waals surface area contributed by atoms with Crippen molar-refractivity contribution in [1.29, 1.82) is 0 Å². The molecule has 3 aromatic rings. The van der Waals surface area contributed by atoms with Gasteiger partial charge in [-0.25, -0.2) is 9.59 Å². The van der Waals surface area contributed by atoms with Gasteiger partial charge in [-0.15, -0.1) is 0 Å². The van der Waals surface area contributed by atoms with Crippen LogP contribution in [-0.2, 0) is 9.59 Å². The number of rotatable bonds is 8. The Bertz CT molecular complexity index is 1410. The Morgan fingerprint density at radius 1 is 0.846 bits per heavy atom. The predicted molar refractivity (Wildman–Crippen MR) is 149 cm³/mol. The van der Waals surface area contributed by atoms with Crippen LogP contribution in [0.15, 0.2) is 107 Å². The van der Waals surface area contributed by atoms with Crippen LogP contribution in [0.3, 0.4) is 0 Å². The normalized spacial score (nSPS) is 15.5. The van der Waals surface area contributed by atoms with Gasteiger partial charge in [0.1, 0.15) is 0 Å². The average Bonchev–Trinajstić information content (AvgIpc) is 2.91. The fourth-order valence-electron chi connectivity index (χ4n) is 5.26. The lowest BCUT2D eigenvalue weighted by Crippen LogP contribution is -2.40. The van der Waals surface area contributed by atoms with E-state index in [1.54, 1.807) is 24.3 Å². The largest absolute Gasteiger partial charge is 0.478 e. The van der Waals surface area contributed by atoms with Gasteiger partial charge in [0.05, 0.1) is 11.5 Å². The number of hydrogen-bond donors (Lipinski definition) is 3. The highest BCUT2D eigenvalue weighted by Gasteiger charge is 2.41. The zero-order valence-corrected chi connectivity index (χ0v) is 22.4. The van der Waals surface area contributed by atoms with E-state index in [9.17, 15) is 24.6 Å². The second-order valence-electron chi connectivity index (χ2n) is 9.33. The zero-order chi connectivity index (χ0) is 28.1. The number of benzene rings is 3. The minimum absolute atomic E-state index is 0.0186. The van der Waals surface area contributed by atoms with Gasteiger partial charge < -0.3 is 15.5 Å². The number of nitrogens with one attached hydrogen (secondary N) is 1.